The summed E-state index contributed by atoms with van der Waals surface area (Å²) in [6.07, 6.45) is 1.79. The van der Waals surface area contributed by atoms with Crippen LogP contribution in [0.4, 0.5) is 17.1 Å². The molecule has 1 saturated carbocycles. The molecular weight excluding hydrogens is 636 g/mol. The third-order valence-corrected chi connectivity index (χ3v) is 8.66. The van der Waals surface area contributed by atoms with Crippen molar-refractivity contribution in [1.29, 1.82) is 0 Å². The first-order valence-corrected chi connectivity index (χ1v) is 14.8. The molecule has 0 saturated heterocycles. The second-order valence-electron chi connectivity index (χ2n) is 10.1. The van der Waals surface area contributed by atoms with E-state index in [1.54, 1.807) is 36.5 Å². The molecule has 1 fully saturated rings. The fourth-order valence-electron chi connectivity index (χ4n) is 4.68. The van der Waals surface area contributed by atoms with Gasteiger partial charge in [0.05, 0.1) is 22.2 Å². The van der Waals surface area contributed by atoms with E-state index < -0.39 is 28.0 Å². The molecule has 4 aromatic rings. The Balaban J connectivity index is 1.27. The number of nitrogens with one attached hydrogen (secondary N) is 2. The number of carbonyl (C=O) groups is 2. The number of halogens is 5. The van der Waals surface area contributed by atoms with Gasteiger partial charge in [-0.05, 0) is 85.1 Å². The van der Waals surface area contributed by atoms with Crippen LogP contribution in [0.3, 0.4) is 0 Å². The molecule has 0 aliphatic heterocycles. The van der Waals surface area contributed by atoms with Crippen molar-refractivity contribution in [1.82, 2.24) is 0 Å². The minimum Gasteiger partial charge on any atom is -0.326 e. The molecule has 1 aliphatic rings. The van der Waals surface area contributed by atoms with Gasteiger partial charge in [-0.2, -0.15) is 0 Å². The summed E-state index contributed by atoms with van der Waals surface area (Å²) >= 11 is 31.6. The Kier molecular flexibility index (Phi) is 8.89. The summed E-state index contributed by atoms with van der Waals surface area (Å²) < 4.78 is -1.33. The number of amides is 2. The number of carbonyl (C=O) groups excluding carboxylic acids is 2. The lowest BCUT2D eigenvalue weighted by Gasteiger charge is -2.12. The highest BCUT2D eigenvalue weighted by atomic mass is 35.5. The Morgan fingerprint density at radius 2 is 1.52 bits per heavy atom. The molecule has 42 heavy (non-hydrogen) atoms. The number of alkyl halides is 2. The van der Waals surface area contributed by atoms with Crippen molar-refractivity contribution in [2.45, 2.75) is 24.1 Å². The van der Waals surface area contributed by atoms with E-state index in [0.717, 1.165) is 16.8 Å². The molecule has 2 amide bonds. The Morgan fingerprint density at radius 1 is 0.833 bits per heavy atom. The van der Waals surface area contributed by atoms with Crippen LogP contribution >= 0.6 is 58.0 Å². The van der Waals surface area contributed by atoms with Gasteiger partial charge >= 0.3 is 0 Å². The Hall–Kier alpha value is -3.06. The standard InChI is InChI=1S/C32H24Cl5N3O2/c1-17-3-5-19(6-4-17)16-38-23-8-10-27(18(2)11-23)40-30(41)25-15-24(7-9-26(25)35)39-31(42)29-28(32(29,36)37)20-12-21(33)14-22(34)13-20/h3-16,28-29H,1-2H3,(H,39,42)(H,40,41)/b38-16+. The lowest BCUT2D eigenvalue weighted by molar-refractivity contribution is -0.117. The Bertz CT molecular complexity index is 1700. The van der Waals surface area contributed by atoms with Crippen molar-refractivity contribution in [3.8, 4) is 0 Å². The van der Waals surface area contributed by atoms with Crippen LogP contribution in [0.5, 0.6) is 0 Å². The van der Waals surface area contributed by atoms with Crippen molar-refractivity contribution in [3.05, 3.63) is 122 Å². The van der Waals surface area contributed by atoms with Crippen LogP contribution in [0.25, 0.3) is 0 Å². The summed E-state index contributed by atoms with van der Waals surface area (Å²) in [5.41, 5.74) is 5.57. The van der Waals surface area contributed by atoms with Gasteiger partial charge in [0.1, 0.15) is 4.33 Å². The molecule has 5 rings (SSSR count). The van der Waals surface area contributed by atoms with E-state index in [1.807, 2.05) is 50.2 Å². The monoisotopic (exact) mass is 657 g/mol. The van der Waals surface area contributed by atoms with Gasteiger partial charge in [0.2, 0.25) is 5.91 Å². The van der Waals surface area contributed by atoms with Crippen LogP contribution in [-0.2, 0) is 4.79 Å². The zero-order valence-corrected chi connectivity index (χ0v) is 26.2. The minimum absolute atomic E-state index is 0.187. The molecule has 214 valence electrons. The smallest absolute Gasteiger partial charge is 0.257 e. The van der Waals surface area contributed by atoms with E-state index >= 15 is 0 Å². The molecule has 0 radical (unpaired) electrons. The lowest BCUT2D eigenvalue weighted by atomic mass is 10.1. The molecule has 2 N–H and O–H groups in total. The number of nitrogens with zero attached hydrogens (tertiary/aromatic N) is 1. The van der Waals surface area contributed by atoms with Crippen LogP contribution in [0.15, 0.2) is 83.9 Å². The topological polar surface area (TPSA) is 70.6 Å². The number of anilines is 2. The summed E-state index contributed by atoms with van der Waals surface area (Å²) in [6, 6.07) is 23.1. The molecule has 5 nitrogen and oxygen atoms in total. The quantitative estimate of drug-likeness (QED) is 0.153. The molecule has 10 heteroatoms. The third-order valence-electron chi connectivity index (χ3n) is 6.96. The molecule has 0 bridgehead atoms. The summed E-state index contributed by atoms with van der Waals surface area (Å²) in [5, 5.41) is 6.74. The van der Waals surface area contributed by atoms with E-state index in [4.69, 9.17) is 58.0 Å². The van der Waals surface area contributed by atoms with Crippen molar-refractivity contribution >= 4 is 93.1 Å². The fourth-order valence-corrected chi connectivity index (χ4v) is 6.25. The molecule has 0 heterocycles. The van der Waals surface area contributed by atoms with Crippen molar-refractivity contribution in [2.24, 2.45) is 10.9 Å². The first-order chi connectivity index (χ1) is 19.9. The molecule has 0 aromatic heterocycles. The van der Waals surface area contributed by atoms with E-state index in [2.05, 4.69) is 15.6 Å². The zero-order valence-electron chi connectivity index (χ0n) is 22.4. The van der Waals surface area contributed by atoms with Crippen LogP contribution < -0.4 is 10.6 Å². The second kappa shape index (κ2) is 12.3. The Labute approximate surface area is 268 Å². The molecule has 2 atom stereocenters. The number of aryl methyl sites for hydroxylation is 2. The van der Waals surface area contributed by atoms with Gasteiger partial charge in [0.25, 0.3) is 5.91 Å². The van der Waals surface area contributed by atoms with E-state index in [9.17, 15) is 9.59 Å². The highest BCUT2D eigenvalue weighted by Crippen LogP contribution is 2.65. The predicted molar refractivity (Wildman–Crippen MR) is 175 cm³/mol. The van der Waals surface area contributed by atoms with Gasteiger partial charge in [-0.15, -0.1) is 23.2 Å². The first-order valence-electron chi connectivity index (χ1n) is 12.9. The van der Waals surface area contributed by atoms with Gasteiger partial charge in [0, 0.05) is 33.6 Å². The normalized spacial score (nSPS) is 17.2. The number of benzene rings is 4. The maximum absolute atomic E-state index is 13.2. The summed E-state index contributed by atoms with van der Waals surface area (Å²) in [6.45, 7) is 3.91. The fraction of sp³-hybridized carbons (Fsp3) is 0.156. The molecule has 0 spiro atoms. The van der Waals surface area contributed by atoms with Crippen molar-refractivity contribution in [2.75, 3.05) is 10.6 Å². The molecular formula is C32H24Cl5N3O2. The van der Waals surface area contributed by atoms with Crippen LogP contribution in [0.2, 0.25) is 15.1 Å². The predicted octanol–water partition coefficient (Wildman–Crippen LogP) is 9.79. The second-order valence-corrected chi connectivity index (χ2v) is 12.9. The van der Waals surface area contributed by atoms with Gasteiger partial charge in [-0.25, -0.2) is 0 Å². The van der Waals surface area contributed by atoms with Crippen molar-refractivity contribution < 1.29 is 9.59 Å². The first kappa shape index (κ1) is 30.4. The highest BCUT2D eigenvalue weighted by molar-refractivity contribution is 6.53. The summed E-state index contributed by atoms with van der Waals surface area (Å²) in [7, 11) is 0. The average molecular weight is 660 g/mol. The third kappa shape index (κ3) is 6.77. The maximum atomic E-state index is 13.2. The lowest BCUT2D eigenvalue weighted by Crippen LogP contribution is -2.18. The van der Waals surface area contributed by atoms with Gasteiger partial charge in [0.15, 0.2) is 0 Å². The zero-order chi connectivity index (χ0) is 30.2. The average Bonchev–Trinajstić information content (AvgIpc) is 3.52. The van der Waals surface area contributed by atoms with E-state index in [1.165, 1.54) is 17.7 Å². The largest absolute Gasteiger partial charge is 0.326 e. The van der Waals surface area contributed by atoms with Gasteiger partial charge in [-0.1, -0.05) is 64.6 Å². The van der Waals surface area contributed by atoms with Crippen molar-refractivity contribution in [3.63, 3.8) is 0 Å². The highest BCUT2D eigenvalue weighted by Gasteiger charge is 2.67. The molecule has 2 unspecified atom stereocenters. The summed E-state index contributed by atoms with van der Waals surface area (Å²) in [5.74, 6) is -2.10. The summed E-state index contributed by atoms with van der Waals surface area (Å²) in [4.78, 5) is 30.9. The van der Waals surface area contributed by atoms with E-state index in [-0.39, 0.29) is 10.6 Å². The van der Waals surface area contributed by atoms with E-state index in [0.29, 0.717) is 27.0 Å². The number of aliphatic imine (C=N–C) groups is 1. The SMILES string of the molecule is Cc1ccc(/C=N/c2ccc(NC(=O)c3cc(NC(=O)C4C(c5cc(Cl)cc(Cl)c5)C4(Cl)Cl)ccc3Cl)c(C)c2)cc1. The van der Waals surface area contributed by atoms with Gasteiger partial charge in [-0.3, -0.25) is 14.6 Å². The molecule has 4 aromatic carbocycles. The molecule has 1 aliphatic carbocycles. The Morgan fingerprint density at radius 3 is 2.19 bits per heavy atom. The van der Waals surface area contributed by atoms with Crippen LogP contribution in [-0.4, -0.2) is 22.4 Å². The van der Waals surface area contributed by atoms with Gasteiger partial charge < -0.3 is 10.6 Å². The van der Waals surface area contributed by atoms with Crippen LogP contribution in [0.1, 0.15) is 38.5 Å². The number of hydrogen-bond donors (Lipinski definition) is 2. The maximum Gasteiger partial charge on any atom is 0.257 e. The number of hydrogen-bond acceptors (Lipinski definition) is 3. The number of rotatable bonds is 7. The van der Waals surface area contributed by atoms with Crippen LogP contribution in [0, 0.1) is 19.8 Å². The minimum atomic E-state index is -1.33.